The summed E-state index contributed by atoms with van der Waals surface area (Å²) in [4.78, 5) is 13.3. The Morgan fingerprint density at radius 2 is 2.38 bits per heavy atom. The summed E-state index contributed by atoms with van der Waals surface area (Å²) in [6.07, 6.45) is -0.879. The molecule has 2 heterocycles. The van der Waals surface area contributed by atoms with Crippen molar-refractivity contribution in [2.24, 2.45) is 0 Å². The molecule has 0 aromatic carbocycles. The topological polar surface area (TPSA) is 49.8 Å². The SMILES string of the molecule is CC(C)c1csc2c1OCCN(C(=O)O)C2. The normalized spacial score (nSPS) is 15.6. The first-order valence-corrected chi connectivity index (χ1v) is 6.18. The summed E-state index contributed by atoms with van der Waals surface area (Å²) >= 11 is 1.58. The summed E-state index contributed by atoms with van der Waals surface area (Å²) in [5.74, 6) is 1.32. The molecule has 1 aromatic rings. The minimum atomic E-state index is -0.879. The molecule has 0 unspecified atom stereocenters. The third-order valence-corrected chi connectivity index (χ3v) is 3.65. The minimum Gasteiger partial charge on any atom is -0.490 e. The van der Waals surface area contributed by atoms with Gasteiger partial charge in [-0.1, -0.05) is 13.8 Å². The molecule has 1 N–H and O–H groups in total. The van der Waals surface area contributed by atoms with Gasteiger partial charge in [-0.15, -0.1) is 11.3 Å². The highest BCUT2D eigenvalue weighted by molar-refractivity contribution is 7.10. The Balaban J connectivity index is 2.29. The van der Waals surface area contributed by atoms with Crippen molar-refractivity contribution in [1.29, 1.82) is 0 Å². The number of carbonyl (C=O) groups is 1. The van der Waals surface area contributed by atoms with Gasteiger partial charge in [-0.05, 0) is 11.3 Å². The first-order chi connectivity index (χ1) is 7.59. The van der Waals surface area contributed by atoms with Gasteiger partial charge in [0, 0.05) is 5.56 Å². The van der Waals surface area contributed by atoms with Crippen LogP contribution >= 0.6 is 11.3 Å². The third kappa shape index (κ3) is 2.00. The highest BCUT2D eigenvalue weighted by Gasteiger charge is 2.23. The summed E-state index contributed by atoms with van der Waals surface area (Å²) in [6.45, 7) is 5.56. The van der Waals surface area contributed by atoms with E-state index in [1.165, 1.54) is 10.5 Å². The predicted octanol–water partition coefficient (Wildman–Crippen LogP) is 2.74. The van der Waals surface area contributed by atoms with E-state index in [2.05, 4.69) is 19.2 Å². The van der Waals surface area contributed by atoms with Crippen molar-refractivity contribution in [3.63, 3.8) is 0 Å². The van der Waals surface area contributed by atoms with Gasteiger partial charge in [0.05, 0.1) is 18.0 Å². The first kappa shape index (κ1) is 11.3. The molecule has 1 aliphatic heterocycles. The van der Waals surface area contributed by atoms with E-state index < -0.39 is 6.09 Å². The van der Waals surface area contributed by atoms with Gasteiger partial charge in [0.25, 0.3) is 0 Å². The second-order valence-corrected chi connectivity index (χ2v) is 5.11. The molecule has 2 rings (SSSR count). The lowest BCUT2D eigenvalue weighted by Gasteiger charge is -2.14. The van der Waals surface area contributed by atoms with Gasteiger partial charge < -0.3 is 9.84 Å². The predicted molar refractivity (Wildman–Crippen MR) is 62.3 cm³/mol. The Morgan fingerprint density at radius 1 is 1.62 bits per heavy atom. The van der Waals surface area contributed by atoms with Crippen molar-refractivity contribution in [1.82, 2.24) is 4.90 Å². The largest absolute Gasteiger partial charge is 0.490 e. The average Bonchev–Trinajstić information content (AvgIpc) is 2.48. The maximum Gasteiger partial charge on any atom is 0.407 e. The quantitative estimate of drug-likeness (QED) is 0.822. The molecule has 0 aliphatic carbocycles. The van der Waals surface area contributed by atoms with E-state index in [1.807, 2.05) is 0 Å². The van der Waals surface area contributed by atoms with E-state index in [4.69, 9.17) is 9.84 Å². The molecule has 1 amide bonds. The van der Waals surface area contributed by atoms with Gasteiger partial charge in [0.2, 0.25) is 0 Å². The molecule has 0 fully saturated rings. The van der Waals surface area contributed by atoms with E-state index in [0.717, 1.165) is 10.6 Å². The molecule has 4 nitrogen and oxygen atoms in total. The second kappa shape index (κ2) is 4.33. The molecule has 5 heteroatoms. The summed E-state index contributed by atoms with van der Waals surface area (Å²) in [5, 5.41) is 11.0. The first-order valence-electron chi connectivity index (χ1n) is 5.30. The molecular formula is C11H15NO3S. The molecule has 0 atom stereocenters. The monoisotopic (exact) mass is 241 g/mol. The van der Waals surface area contributed by atoms with E-state index in [9.17, 15) is 4.79 Å². The Labute approximate surface area is 98.4 Å². The molecule has 0 radical (unpaired) electrons. The van der Waals surface area contributed by atoms with Gasteiger partial charge in [-0.2, -0.15) is 0 Å². The lowest BCUT2D eigenvalue weighted by atomic mass is 10.1. The lowest BCUT2D eigenvalue weighted by molar-refractivity contribution is 0.138. The maximum absolute atomic E-state index is 10.9. The van der Waals surface area contributed by atoms with Crippen LogP contribution in [-0.2, 0) is 6.54 Å². The molecule has 88 valence electrons. The van der Waals surface area contributed by atoms with Crippen LogP contribution in [0.1, 0.15) is 30.2 Å². The lowest BCUT2D eigenvalue weighted by Crippen LogP contribution is -2.30. The van der Waals surface area contributed by atoms with Gasteiger partial charge >= 0.3 is 6.09 Å². The van der Waals surface area contributed by atoms with Crippen LogP contribution in [0.15, 0.2) is 5.38 Å². The Kier molecular flexibility index (Phi) is 3.05. The van der Waals surface area contributed by atoms with Gasteiger partial charge in [-0.25, -0.2) is 4.79 Å². The fourth-order valence-corrected chi connectivity index (χ4v) is 2.91. The number of hydrogen-bond acceptors (Lipinski definition) is 3. The van der Waals surface area contributed by atoms with Crippen molar-refractivity contribution in [3.8, 4) is 5.75 Å². The summed E-state index contributed by atoms with van der Waals surface area (Å²) < 4.78 is 5.67. The van der Waals surface area contributed by atoms with Crippen LogP contribution in [0.3, 0.4) is 0 Å². The van der Waals surface area contributed by atoms with Crippen LogP contribution in [0.2, 0.25) is 0 Å². The Morgan fingerprint density at radius 3 is 3.00 bits per heavy atom. The standard InChI is InChI=1S/C11H15NO3S/c1-7(2)8-6-16-9-5-12(11(13)14)3-4-15-10(8)9/h6-7H,3-5H2,1-2H3,(H,13,14). The molecule has 0 saturated carbocycles. The molecule has 1 aliphatic rings. The van der Waals surface area contributed by atoms with E-state index in [1.54, 1.807) is 11.3 Å². The number of ether oxygens (including phenoxy) is 1. The number of rotatable bonds is 1. The van der Waals surface area contributed by atoms with Crippen LogP contribution in [0.25, 0.3) is 0 Å². The minimum absolute atomic E-state index is 0.413. The molecule has 0 saturated heterocycles. The number of fused-ring (bicyclic) bond motifs is 1. The van der Waals surface area contributed by atoms with Crippen LogP contribution in [0, 0.1) is 0 Å². The molecule has 16 heavy (non-hydrogen) atoms. The number of amides is 1. The summed E-state index contributed by atoms with van der Waals surface area (Å²) in [7, 11) is 0. The number of thiophene rings is 1. The van der Waals surface area contributed by atoms with Crippen LogP contribution in [-0.4, -0.2) is 29.3 Å². The second-order valence-electron chi connectivity index (χ2n) is 4.15. The van der Waals surface area contributed by atoms with E-state index in [-0.39, 0.29) is 0 Å². The number of nitrogens with zero attached hydrogens (tertiary/aromatic N) is 1. The van der Waals surface area contributed by atoms with Crippen LogP contribution < -0.4 is 4.74 Å². The van der Waals surface area contributed by atoms with Gasteiger partial charge in [0.15, 0.2) is 0 Å². The maximum atomic E-state index is 10.9. The van der Waals surface area contributed by atoms with Crippen molar-refractivity contribution < 1.29 is 14.6 Å². The van der Waals surface area contributed by atoms with E-state index in [0.29, 0.717) is 25.6 Å². The van der Waals surface area contributed by atoms with Crippen molar-refractivity contribution in [2.45, 2.75) is 26.3 Å². The van der Waals surface area contributed by atoms with Gasteiger partial charge in [0.1, 0.15) is 12.4 Å². The molecule has 0 bridgehead atoms. The zero-order valence-electron chi connectivity index (χ0n) is 9.40. The third-order valence-electron chi connectivity index (χ3n) is 2.68. The zero-order chi connectivity index (χ0) is 11.7. The van der Waals surface area contributed by atoms with Crippen molar-refractivity contribution >= 4 is 17.4 Å². The average molecular weight is 241 g/mol. The molecular weight excluding hydrogens is 226 g/mol. The zero-order valence-corrected chi connectivity index (χ0v) is 10.2. The fraction of sp³-hybridized carbons (Fsp3) is 0.545. The smallest absolute Gasteiger partial charge is 0.407 e. The van der Waals surface area contributed by atoms with Crippen LogP contribution in [0.5, 0.6) is 5.75 Å². The van der Waals surface area contributed by atoms with Crippen molar-refractivity contribution in [3.05, 3.63) is 15.8 Å². The van der Waals surface area contributed by atoms with Crippen LogP contribution in [0.4, 0.5) is 4.79 Å². The number of hydrogen-bond donors (Lipinski definition) is 1. The number of carboxylic acid groups (broad SMARTS) is 1. The Bertz CT molecular complexity index is 400. The van der Waals surface area contributed by atoms with Crippen molar-refractivity contribution in [2.75, 3.05) is 13.2 Å². The summed E-state index contributed by atoms with van der Waals surface area (Å²) in [6, 6.07) is 0. The Hall–Kier alpha value is -1.23. The summed E-state index contributed by atoms with van der Waals surface area (Å²) in [5.41, 5.74) is 1.19. The van der Waals surface area contributed by atoms with Gasteiger partial charge in [-0.3, -0.25) is 4.90 Å². The molecule has 0 spiro atoms. The van der Waals surface area contributed by atoms with E-state index >= 15 is 0 Å². The highest BCUT2D eigenvalue weighted by atomic mass is 32.1. The molecule has 1 aromatic heterocycles. The fourth-order valence-electron chi connectivity index (χ4n) is 1.75. The highest BCUT2D eigenvalue weighted by Crippen LogP contribution is 2.37.